The summed E-state index contributed by atoms with van der Waals surface area (Å²) < 4.78 is 21.7. The molecule has 5 rings (SSSR count). The first-order chi connectivity index (χ1) is 17.2. The molecule has 0 aliphatic rings. The molecule has 0 spiro atoms. The van der Waals surface area contributed by atoms with Crippen molar-refractivity contribution in [3.05, 3.63) is 132 Å². The molecule has 0 aliphatic heterocycles. The van der Waals surface area contributed by atoms with Gasteiger partial charge in [0.2, 0.25) is 0 Å². The predicted octanol–water partition coefficient (Wildman–Crippen LogP) is 5.73. The van der Waals surface area contributed by atoms with E-state index in [9.17, 15) is 9.18 Å². The molecule has 1 N–H and O–H groups in total. The molecule has 0 aliphatic carbocycles. The standard InChI is InChI=1S/C29H24FN3O2/c30-24-14-12-21(13-15-24)19-33-26-11-5-4-10-25(26)28(35-20-22-7-2-1-3-8-22)27(33)29(34)32-18-23-9-6-16-31-17-23/h1-17H,18-20H2,(H,32,34). The minimum Gasteiger partial charge on any atom is -0.486 e. The van der Waals surface area contributed by atoms with Crippen LogP contribution >= 0.6 is 0 Å². The molecule has 35 heavy (non-hydrogen) atoms. The second-order valence-corrected chi connectivity index (χ2v) is 8.23. The van der Waals surface area contributed by atoms with Crippen LogP contribution in [0, 0.1) is 5.82 Å². The highest BCUT2D eigenvalue weighted by Gasteiger charge is 2.24. The van der Waals surface area contributed by atoms with Crippen LogP contribution in [-0.2, 0) is 19.7 Å². The van der Waals surface area contributed by atoms with Gasteiger partial charge in [0.15, 0.2) is 11.4 Å². The Morgan fingerprint density at radius 3 is 2.37 bits per heavy atom. The Hall–Kier alpha value is -4.45. The summed E-state index contributed by atoms with van der Waals surface area (Å²) in [4.78, 5) is 17.7. The van der Waals surface area contributed by atoms with E-state index < -0.39 is 0 Å². The molecule has 2 aromatic heterocycles. The van der Waals surface area contributed by atoms with E-state index in [1.54, 1.807) is 24.5 Å². The van der Waals surface area contributed by atoms with E-state index in [0.717, 1.165) is 27.6 Å². The number of amides is 1. The summed E-state index contributed by atoms with van der Waals surface area (Å²) in [7, 11) is 0. The van der Waals surface area contributed by atoms with Gasteiger partial charge in [0, 0.05) is 30.9 Å². The van der Waals surface area contributed by atoms with Crippen LogP contribution < -0.4 is 10.1 Å². The lowest BCUT2D eigenvalue weighted by molar-refractivity contribution is 0.0937. The lowest BCUT2D eigenvalue weighted by Gasteiger charge is -2.13. The molecule has 0 saturated heterocycles. The average Bonchev–Trinajstić information content (AvgIpc) is 3.21. The number of rotatable bonds is 8. The smallest absolute Gasteiger partial charge is 0.272 e. The van der Waals surface area contributed by atoms with Crippen molar-refractivity contribution in [1.82, 2.24) is 14.9 Å². The van der Waals surface area contributed by atoms with Gasteiger partial charge >= 0.3 is 0 Å². The Labute approximate surface area is 202 Å². The first kappa shape index (κ1) is 22.3. The second kappa shape index (κ2) is 10.2. The summed E-state index contributed by atoms with van der Waals surface area (Å²) in [5, 5.41) is 3.85. The molecular formula is C29H24FN3O2. The van der Waals surface area contributed by atoms with E-state index in [0.29, 0.717) is 31.1 Å². The van der Waals surface area contributed by atoms with Crippen molar-refractivity contribution in [1.29, 1.82) is 0 Å². The van der Waals surface area contributed by atoms with E-state index >= 15 is 0 Å². The summed E-state index contributed by atoms with van der Waals surface area (Å²) in [5.41, 5.74) is 4.07. The van der Waals surface area contributed by atoms with Gasteiger partial charge in [-0.15, -0.1) is 0 Å². The molecule has 5 aromatic rings. The Morgan fingerprint density at radius 2 is 1.60 bits per heavy atom. The van der Waals surface area contributed by atoms with Gasteiger partial charge in [-0.05, 0) is 47.0 Å². The van der Waals surface area contributed by atoms with Crippen molar-refractivity contribution in [3.63, 3.8) is 0 Å². The Bertz CT molecular complexity index is 1430. The molecule has 0 atom stereocenters. The number of hydrogen-bond acceptors (Lipinski definition) is 3. The Kier molecular flexibility index (Phi) is 6.52. The number of nitrogens with one attached hydrogen (secondary N) is 1. The average molecular weight is 466 g/mol. The van der Waals surface area contributed by atoms with Gasteiger partial charge in [-0.25, -0.2) is 4.39 Å². The van der Waals surface area contributed by atoms with Crippen LogP contribution in [0.3, 0.4) is 0 Å². The third-order valence-electron chi connectivity index (χ3n) is 5.80. The van der Waals surface area contributed by atoms with E-state index in [-0.39, 0.29) is 11.7 Å². The molecule has 0 radical (unpaired) electrons. The number of hydrogen-bond donors (Lipinski definition) is 1. The van der Waals surface area contributed by atoms with Gasteiger partial charge in [0.25, 0.3) is 5.91 Å². The number of carbonyl (C=O) groups excluding carboxylic acids is 1. The van der Waals surface area contributed by atoms with Gasteiger partial charge < -0.3 is 14.6 Å². The zero-order chi connectivity index (χ0) is 24.0. The topological polar surface area (TPSA) is 56.1 Å². The number of ether oxygens (including phenoxy) is 1. The molecule has 5 nitrogen and oxygen atoms in total. The fourth-order valence-electron chi connectivity index (χ4n) is 4.08. The number of halogens is 1. The third-order valence-corrected chi connectivity index (χ3v) is 5.80. The minimum absolute atomic E-state index is 0.254. The van der Waals surface area contributed by atoms with Crippen molar-refractivity contribution < 1.29 is 13.9 Å². The summed E-state index contributed by atoms with van der Waals surface area (Å²) in [6.07, 6.45) is 3.42. The van der Waals surface area contributed by atoms with Gasteiger partial charge in [0.1, 0.15) is 12.4 Å². The number of benzene rings is 3. The summed E-state index contributed by atoms with van der Waals surface area (Å²) in [6.45, 7) is 1.06. The second-order valence-electron chi connectivity index (χ2n) is 8.23. The maximum Gasteiger partial charge on any atom is 0.272 e. The number of para-hydroxylation sites is 1. The van der Waals surface area contributed by atoms with E-state index in [2.05, 4.69) is 10.3 Å². The maximum absolute atomic E-state index is 13.6. The number of nitrogens with zero attached hydrogens (tertiary/aromatic N) is 2. The van der Waals surface area contributed by atoms with E-state index in [4.69, 9.17) is 4.74 Å². The van der Waals surface area contributed by atoms with Crippen molar-refractivity contribution in [2.45, 2.75) is 19.7 Å². The summed E-state index contributed by atoms with van der Waals surface area (Å²) >= 11 is 0. The first-order valence-corrected chi connectivity index (χ1v) is 11.4. The molecule has 0 bridgehead atoms. The van der Waals surface area contributed by atoms with Crippen LogP contribution in [0.5, 0.6) is 5.75 Å². The van der Waals surface area contributed by atoms with Crippen LogP contribution in [-0.4, -0.2) is 15.5 Å². The van der Waals surface area contributed by atoms with Gasteiger partial charge in [-0.2, -0.15) is 0 Å². The zero-order valence-corrected chi connectivity index (χ0v) is 19.0. The molecule has 0 unspecified atom stereocenters. The van der Waals surface area contributed by atoms with Crippen LogP contribution in [0.25, 0.3) is 10.9 Å². The highest BCUT2D eigenvalue weighted by atomic mass is 19.1. The number of pyridine rings is 1. The van der Waals surface area contributed by atoms with Crippen molar-refractivity contribution in [2.75, 3.05) is 0 Å². The summed E-state index contributed by atoms with van der Waals surface area (Å²) in [6, 6.07) is 27.7. The van der Waals surface area contributed by atoms with Crippen LogP contribution in [0.1, 0.15) is 27.2 Å². The van der Waals surface area contributed by atoms with Crippen molar-refractivity contribution in [3.8, 4) is 5.75 Å². The molecule has 0 fully saturated rings. The van der Waals surface area contributed by atoms with Crippen molar-refractivity contribution in [2.24, 2.45) is 0 Å². The quantitative estimate of drug-likeness (QED) is 0.318. The van der Waals surface area contributed by atoms with Crippen LogP contribution in [0.4, 0.5) is 4.39 Å². The Balaban J connectivity index is 1.55. The van der Waals surface area contributed by atoms with Gasteiger partial charge in [-0.3, -0.25) is 9.78 Å². The highest BCUT2D eigenvalue weighted by molar-refractivity contribution is 6.04. The largest absolute Gasteiger partial charge is 0.486 e. The van der Waals surface area contributed by atoms with E-state index in [1.165, 1.54) is 12.1 Å². The molecule has 174 valence electrons. The summed E-state index contributed by atoms with van der Waals surface area (Å²) in [5.74, 6) is -0.0297. The zero-order valence-electron chi connectivity index (χ0n) is 19.0. The fourth-order valence-corrected chi connectivity index (χ4v) is 4.08. The van der Waals surface area contributed by atoms with Crippen LogP contribution in [0.2, 0.25) is 0 Å². The Morgan fingerprint density at radius 1 is 0.857 bits per heavy atom. The van der Waals surface area contributed by atoms with Crippen LogP contribution in [0.15, 0.2) is 103 Å². The molecule has 0 saturated carbocycles. The predicted molar refractivity (Wildman–Crippen MR) is 134 cm³/mol. The molecular weight excluding hydrogens is 441 g/mol. The highest BCUT2D eigenvalue weighted by Crippen LogP contribution is 2.35. The minimum atomic E-state index is -0.299. The number of fused-ring (bicyclic) bond motifs is 1. The SMILES string of the molecule is O=C(NCc1cccnc1)c1c(OCc2ccccc2)c2ccccc2n1Cc1ccc(F)cc1. The van der Waals surface area contributed by atoms with E-state index in [1.807, 2.05) is 71.3 Å². The lowest BCUT2D eigenvalue weighted by atomic mass is 10.2. The fraction of sp³-hybridized carbons (Fsp3) is 0.103. The number of aromatic nitrogens is 2. The molecule has 6 heteroatoms. The first-order valence-electron chi connectivity index (χ1n) is 11.4. The normalized spacial score (nSPS) is 10.9. The number of carbonyl (C=O) groups is 1. The van der Waals surface area contributed by atoms with Crippen molar-refractivity contribution >= 4 is 16.8 Å². The lowest BCUT2D eigenvalue weighted by Crippen LogP contribution is -2.26. The molecule has 2 heterocycles. The third kappa shape index (κ3) is 5.06. The molecule has 3 aromatic carbocycles. The maximum atomic E-state index is 13.6. The monoisotopic (exact) mass is 465 g/mol. The van der Waals surface area contributed by atoms with Gasteiger partial charge in [-0.1, -0.05) is 60.7 Å². The molecule has 1 amide bonds. The van der Waals surface area contributed by atoms with Gasteiger partial charge in [0.05, 0.1) is 5.52 Å².